The monoisotopic (exact) mass is 378 g/mol. The number of rotatable bonds is 7. The van der Waals surface area contributed by atoms with Crippen LogP contribution in [-0.4, -0.2) is 32.8 Å². The lowest BCUT2D eigenvalue weighted by Crippen LogP contribution is -2.24. The van der Waals surface area contributed by atoms with E-state index in [2.05, 4.69) is 9.97 Å². The zero-order valence-electron chi connectivity index (χ0n) is 14.1. The first-order valence-electron chi connectivity index (χ1n) is 7.88. The van der Waals surface area contributed by atoms with Crippen molar-refractivity contribution in [3.8, 4) is 0 Å². The molecule has 0 unspecified atom stereocenters. The van der Waals surface area contributed by atoms with Gasteiger partial charge in [0.1, 0.15) is 5.82 Å². The minimum absolute atomic E-state index is 0.0555. The Morgan fingerprint density at radius 2 is 2.20 bits per heavy atom. The maximum Gasteiger partial charge on any atom is 0.262 e. The molecule has 2 aromatic heterocycles. The number of methoxy groups -OCH3 is 1. The van der Waals surface area contributed by atoms with E-state index < -0.39 is 0 Å². The van der Waals surface area contributed by atoms with Crippen LogP contribution in [0.5, 0.6) is 0 Å². The average Bonchev–Trinajstić information content (AvgIpc) is 3.00. The molecule has 0 saturated heterocycles. The van der Waals surface area contributed by atoms with Gasteiger partial charge in [0.2, 0.25) is 0 Å². The van der Waals surface area contributed by atoms with Gasteiger partial charge in [-0.05, 0) is 24.6 Å². The number of aryl methyl sites for hydroxylation is 1. The fraction of sp³-hybridized carbons (Fsp3) is 0.353. The summed E-state index contributed by atoms with van der Waals surface area (Å²) in [4.78, 5) is 21.9. The zero-order chi connectivity index (χ0) is 17.8. The first kappa shape index (κ1) is 18.0. The van der Waals surface area contributed by atoms with Crippen molar-refractivity contribution in [2.24, 2.45) is 7.05 Å². The Hall–Kier alpha value is -1.83. The van der Waals surface area contributed by atoms with Crippen LogP contribution < -0.4 is 5.56 Å². The van der Waals surface area contributed by atoms with E-state index in [4.69, 9.17) is 16.3 Å². The van der Waals surface area contributed by atoms with E-state index in [1.807, 2.05) is 17.8 Å². The lowest BCUT2D eigenvalue weighted by Gasteiger charge is -2.13. The smallest absolute Gasteiger partial charge is 0.262 e. The van der Waals surface area contributed by atoms with Gasteiger partial charge < -0.3 is 9.30 Å². The van der Waals surface area contributed by atoms with Gasteiger partial charge in [0.25, 0.3) is 5.56 Å². The van der Waals surface area contributed by atoms with Crippen molar-refractivity contribution in [1.82, 2.24) is 19.1 Å². The Kier molecular flexibility index (Phi) is 5.78. The van der Waals surface area contributed by atoms with E-state index in [0.717, 1.165) is 12.2 Å². The molecule has 0 atom stereocenters. The molecule has 0 aliphatic carbocycles. The van der Waals surface area contributed by atoms with Gasteiger partial charge in [-0.1, -0.05) is 23.4 Å². The average molecular weight is 379 g/mol. The van der Waals surface area contributed by atoms with E-state index in [-0.39, 0.29) is 5.56 Å². The first-order chi connectivity index (χ1) is 12.1. The normalized spacial score (nSPS) is 11.3. The quantitative estimate of drug-likeness (QED) is 0.359. The molecule has 0 fully saturated rings. The fourth-order valence-corrected chi connectivity index (χ4v) is 3.71. The Balaban J connectivity index is 1.98. The van der Waals surface area contributed by atoms with E-state index in [0.29, 0.717) is 40.0 Å². The van der Waals surface area contributed by atoms with Crippen molar-refractivity contribution >= 4 is 34.3 Å². The van der Waals surface area contributed by atoms with Crippen LogP contribution in [0.3, 0.4) is 0 Å². The maximum atomic E-state index is 12.9. The summed E-state index contributed by atoms with van der Waals surface area (Å²) in [7, 11) is 3.60. The van der Waals surface area contributed by atoms with Crippen LogP contribution in [0.2, 0.25) is 5.02 Å². The number of hydrogen-bond donors (Lipinski definition) is 0. The van der Waals surface area contributed by atoms with Crippen molar-refractivity contribution in [3.05, 3.63) is 51.8 Å². The summed E-state index contributed by atoms with van der Waals surface area (Å²) >= 11 is 7.56. The van der Waals surface area contributed by atoms with E-state index in [9.17, 15) is 4.79 Å². The highest BCUT2D eigenvalue weighted by atomic mass is 35.5. The predicted molar refractivity (Wildman–Crippen MR) is 100 cm³/mol. The molecule has 0 N–H and O–H groups in total. The fourth-order valence-electron chi connectivity index (χ4n) is 2.51. The molecule has 132 valence electrons. The third-order valence-corrected chi connectivity index (χ3v) is 5.07. The minimum atomic E-state index is -0.0555. The second kappa shape index (κ2) is 8.03. The van der Waals surface area contributed by atoms with Gasteiger partial charge in [-0.25, -0.2) is 9.97 Å². The summed E-state index contributed by atoms with van der Waals surface area (Å²) in [6.45, 7) is 1.15. The van der Waals surface area contributed by atoms with Gasteiger partial charge in [-0.2, -0.15) is 0 Å². The Morgan fingerprint density at radius 1 is 1.36 bits per heavy atom. The molecule has 25 heavy (non-hydrogen) atoms. The number of halogens is 1. The Bertz CT molecular complexity index is 938. The van der Waals surface area contributed by atoms with Crippen LogP contribution in [0.25, 0.3) is 10.9 Å². The van der Waals surface area contributed by atoms with Crippen molar-refractivity contribution < 1.29 is 4.74 Å². The highest BCUT2D eigenvalue weighted by Gasteiger charge is 2.13. The van der Waals surface area contributed by atoms with Crippen LogP contribution in [0.1, 0.15) is 12.2 Å². The SMILES string of the molecule is COCCCn1c(SCc2nccn2C)nc2cc(Cl)ccc2c1=O. The molecule has 8 heteroatoms. The molecule has 0 saturated carbocycles. The molecule has 6 nitrogen and oxygen atoms in total. The molecule has 0 amide bonds. The Labute approximate surface area is 154 Å². The van der Waals surface area contributed by atoms with Crippen LogP contribution in [0.15, 0.2) is 40.5 Å². The number of nitrogens with zero attached hydrogens (tertiary/aromatic N) is 4. The van der Waals surface area contributed by atoms with Crippen molar-refractivity contribution in [3.63, 3.8) is 0 Å². The third-order valence-electron chi connectivity index (χ3n) is 3.86. The topological polar surface area (TPSA) is 61.9 Å². The molecule has 3 rings (SSSR count). The summed E-state index contributed by atoms with van der Waals surface area (Å²) in [5, 5.41) is 1.80. The van der Waals surface area contributed by atoms with Gasteiger partial charge in [0.15, 0.2) is 5.16 Å². The largest absolute Gasteiger partial charge is 0.385 e. The van der Waals surface area contributed by atoms with Gasteiger partial charge >= 0.3 is 0 Å². The van der Waals surface area contributed by atoms with Gasteiger partial charge in [-0.3, -0.25) is 9.36 Å². The predicted octanol–water partition coefficient (Wildman–Crippen LogP) is 3.11. The number of aromatic nitrogens is 4. The molecule has 0 spiro atoms. The molecular weight excluding hydrogens is 360 g/mol. The van der Waals surface area contributed by atoms with Crippen LogP contribution in [0.4, 0.5) is 0 Å². The molecule has 0 aliphatic heterocycles. The third kappa shape index (κ3) is 4.05. The molecule has 0 radical (unpaired) electrons. The minimum Gasteiger partial charge on any atom is -0.385 e. The lowest BCUT2D eigenvalue weighted by atomic mass is 10.2. The number of imidazole rings is 1. The number of benzene rings is 1. The van der Waals surface area contributed by atoms with Crippen LogP contribution in [0, 0.1) is 0 Å². The standard InChI is InChI=1S/C17H19ClN4O2S/c1-21-8-6-19-15(21)11-25-17-20-14-10-12(18)4-5-13(14)16(23)22(17)7-3-9-24-2/h4-6,8,10H,3,7,9,11H2,1-2H3. The number of thioether (sulfide) groups is 1. The number of fused-ring (bicyclic) bond motifs is 1. The summed E-state index contributed by atoms with van der Waals surface area (Å²) in [6, 6.07) is 5.17. The molecule has 0 aliphatic rings. The summed E-state index contributed by atoms with van der Waals surface area (Å²) < 4.78 is 8.78. The van der Waals surface area contributed by atoms with Crippen LogP contribution >= 0.6 is 23.4 Å². The van der Waals surface area contributed by atoms with Crippen molar-refractivity contribution in [2.45, 2.75) is 23.9 Å². The summed E-state index contributed by atoms with van der Waals surface area (Å²) in [5.74, 6) is 1.56. The Morgan fingerprint density at radius 3 is 2.92 bits per heavy atom. The lowest BCUT2D eigenvalue weighted by molar-refractivity contribution is 0.189. The zero-order valence-corrected chi connectivity index (χ0v) is 15.7. The number of ether oxygens (including phenoxy) is 1. The van der Waals surface area contributed by atoms with Gasteiger partial charge in [-0.15, -0.1) is 0 Å². The second-order valence-electron chi connectivity index (χ2n) is 5.60. The van der Waals surface area contributed by atoms with Crippen molar-refractivity contribution in [1.29, 1.82) is 0 Å². The van der Waals surface area contributed by atoms with E-state index in [1.54, 1.807) is 36.1 Å². The van der Waals surface area contributed by atoms with Gasteiger partial charge in [0, 0.05) is 44.7 Å². The summed E-state index contributed by atoms with van der Waals surface area (Å²) in [6.07, 6.45) is 4.40. The first-order valence-corrected chi connectivity index (χ1v) is 9.24. The van der Waals surface area contributed by atoms with Crippen LogP contribution in [-0.2, 0) is 24.1 Å². The highest BCUT2D eigenvalue weighted by molar-refractivity contribution is 7.98. The van der Waals surface area contributed by atoms with E-state index >= 15 is 0 Å². The summed E-state index contributed by atoms with van der Waals surface area (Å²) in [5.41, 5.74) is 0.558. The molecule has 0 bridgehead atoms. The van der Waals surface area contributed by atoms with Gasteiger partial charge in [0.05, 0.1) is 16.7 Å². The maximum absolute atomic E-state index is 12.9. The highest BCUT2D eigenvalue weighted by Crippen LogP contribution is 2.23. The second-order valence-corrected chi connectivity index (χ2v) is 6.98. The van der Waals surface area contributed by atoms with E-state index in [1.165, 1.54) is 11.8 Å². The molecule has 3 aromatic rings. The number of hydrogen-bond acceptors (Lipinski definition) is 5. The molecule has 1 aromatic carbocycles. The van der Waals surface area contributed by atoms with Crippen molar-refractivity contribution in [2.75, 3.05) is 13.7 Å². The molecule has 2 heterocycles. The molecular formula is C17H19ClN4O2S.